The van der Waals surface area contributed by atoms with Crippen LogP contribution < -0.4 is 5.73 Å². The lowest BCUT2D eigenvalue weighted by molar-refractivity contribution is 0.254. The van der Waals surface area contributed by atoms with Crippen molar-refractivity contribution in [3.63, 3.8) is 0 Å². The second-order valence-corrected chi connectivity index (χ2v) is 4.29. The highest BCUT2D eigenvalue weighted by Gasteiger charge is 2.26. The van der Waals surface area contributed by atoms with Crippen LogP contribution in [0, 0.1) is 0 Å². The molecule has 13 heavy (non-hydrogen) atoms. The maximum absolute atomic E-state index is 5.96. The van der Waals surface area contributed by atoms with Gasteiger partial charge in [0.15, 0.2) is 0 Å². The van der Waals surface area contributed by atoms with Gasteiger partial charge in [-0.05, 0) is 26.3 Å². The Kier molecular flexibility index (Phi) is 4.74. The van der Waals surface area contributed by atoms with Crippen LogP contribution >= 0.6 is 0 Å². The lowest BCUT2D eigenvalue weighted by atomic mass is 10.1. The van der Waals surface area contributed by atoms with Gasteiger partial charge in [0.2, 0.25) is 0 Å². The third-order valence-corrected chi connectivity index (χ3v) is 3.24. The zero-order valence-electron chi connectivity index (χ0n) is 9.13. The smallest absolute Gasteiger partial charge is 0.0219 e. The SMILES string of the molecule is CCCCCCN1CCC(N)C1C. The first-order chi connectivity index (χ1) is 6.25. The molecule has 1 aliphatic rings. The fourth-order valence-corrected chi connectivity index (χ4v) is 2.09. The van der Waals surface area contributed by atoms with Gasteiger partial charge in [-0.2, -0.15) is 0 Å². The van der Waals surface area contributed by atoms with Crippen LogP contribution in [0.2, 0.25) is 0 Å². The van der Waals surface area contributed by atoms with E-state index in [2.05, 4.69) is 18.7 Å². The molecule has 2 heteroatoms. The van der Waals surface area contributed by atoms with E-state index in [0.29, 0.717) is 12.1 Å². The molecule has 1 heterocycles. The van der Waals surface area contributed by atoms with Crippen molar-refractivity contribution < 1.29 is 0 Å². The average Bonchev–Trinajstić information content (AvgIpc) is 2.43. The highest BCUT2D eigenvalue weighted by Crippen LogP contribution is 2.16. The number of unbranched alkanes of at least 4 members (excludes halogenated alkanes) is 3. The Hall–Kier alpha value is -0.0800. The minimum absolute atomic E-state index is 0.422. The number of hydrogen-bond acceptors (Lipinski definition) is 2. The van der Waals surface area contributed by atoms with Crippen LogP contribution in [0.5, 0.6) is 0 Å². The van der Waals surface area contributed by atoms with Crippen LogP contribution in [0.1, 0.15) is 46.0 Å². The zero-order valence-corrected chi connectivity index (χ0v) is 9.13. The molecule has 1 saturated heterocycles. The van der Waals surface area contributed by atoms with Gasteiger partial charge in [-0.3, -0.25) is 4.90 Å². The van der Waals surface area contributed by atoms with Crippen molar-refractivity contribution in [2.75, 3.05) is 13.1 Å². The molecule has 0 amide bonds. The van der Waals surface area contributed by atoms with Gasteiger partial charge in [-0.1, -0.05) is 26.2 Å². The van der Waals surface area contributed by atoms with Gasteiger partial charge in [-0.25, -0.2) is 0 Å². The third kappa shape index (κ3) is 3.28. The molecule has 0 aromatic rings. The van der Waals surface area contributed by atoms with Crippen LogP contribution in [0.4, 0.5) is 0 Å². The number of hydrogen-bond donors (Lipinski definition) is 1. The lowest BCUT2D eigenvalue weighted by Gasteiger charge is -2.22. The van der Waals surface area contributed by atoms with Crippen LogP contribution in [0.15, 0.2) is 0 Å². The van der Waals surface area contributed by atoms with E-state index >= 15 is 0 Å². The van der Waals surface area contributed by atoms with Crippen molar-refractivity contribution in [3.05, 3.63) is 0 Å². The molecule has 0 aromatic carbocycles. The summed E-state index contributed by atoms with van der Waals surface area (Å²) in [7, 11) is 0. The predicted molar refractivity (Wildman–Crippen MR) is 57.8 cm³/mol. The van der Waals surface area contributed by atoms with Gasteiger partial charge >= 0.3 is 0 Å². The molecule has 1 rings (SSSR count). The summed E-state index contributed by atoms with van der Waals surface area (Å²) in [5, 5.41) is 0. The molecule has 0 saturated carbocycles. The van der Waals surface area contributed by atoms with Crippen molar-refractivity contribution in [2.45, 2.75) is 58.0 Å². The van der Waals surface area contributed by atoms with E-state index in [1.165, 1.54) is 45.2 Å². The van der Waals surface area contributed by atoms with Crippen molar-refractivity contribution in [1.29, 1.82) is 0 Å². The molecular weight excluding hydrogens is 160 g/mol. The van der Waals surface area contributed by atoms with Gasteiger partial charge in [-0.15, -0.1) is 0 Å². The highest BCUT2D eigenvalue weighted by molar-refractivity contribution is 4.86. The molecule has 2 N–H and O–H groups in total. The summed E-state index contributed by atoms with van der Waals surface area (Å²) in [6, 6.07) is 1.04. The highest BCUT2D eigenvalue weighted by atomic mass is 15.2. The summed E-state index contributed by atoms with van der Waals surface area (Å²) >= 11 is 0. The fourth-order valence-electron chi connectivity index (χ4n) is 2.09. The number of nitrogens with zero attached hydrogens (tertiary/aromatic N) is 1. The van der Waals surface area contributed by atoms with Gasteiger partial charge in [0.25, 0.3) is 0 Å². The summed E-state index contributed by atoms with van der Waals surface area (Å²) in [4.78, 5) is 2.54. The van der Waals surface area contributed by atoms with E-state index in [-0.39, 0.29) is 0 Å². The number of rotatable bonds is 5. The Labute approximate surface area is 82.5 Å². The molecule has 1 fully saturated rings. The zero-order chi connectivity index (χ0) is 9.68. The summed E-state index contributed by atoms with van der Waals surface area (Å²) in [6.07, 6.45) is 6.64. The van der Waals surface area contributed by atoms with E-state index in [0.717, 1.165) is 0 Å². The average molecular weight is 184 g/mol. The second kappa shape index (κ2) is 5.61. The lowest BCUT2D eigenvalue weighted by Crippen LogP contribution is -2.37. The standard InChI is InChI=1S/C11H24N2/c1-3-4-5-6-8-13-9-7-11(12)10(13)2/h10-11H,3-9,12H2,1-2H3. The monoisotopic (exact) mass is 184 g/mol. The predicted octanol–water partition coefficient (Wildman–Crippen LogP) is 1.99. The fraction of sp³-hybridized carbons (Fsp3) is 1.00. The van der Waals surface area contributed by atoms with Gasteiger partial charge < -0.3 is 5.73 Å². The topological polar surface area (TPSA) is 29.3 Å². The molecule has 0 bridgehead atoms. The Bertz CT molecular complexity index is 136. The molecule has 2 atom stereocenters. The summed E-state index contributed by atoms with van der Waals surface area (Å²) < 4.78 is 0. The first-order valence-electron chi connectivity index (χ1n) is 5.75. The minimum Gasteiger partial charge on any atom is -0.326 e. The molecule has 2 nitrogen and oxygen atoms in total. The van der Waals surface area contributed by atoms with Crippen LogP contribution in [-0.2, 0) is 0 Å². The quantitative estimate of drug-likeness (QED) is 0.662. The molecule has 0 aliphatic carbocycles. The number of nitrogens with two attached hydrogens (primary N) is 1. The van der Waals surface area contributed by atoms with Crippen molar-refractivity contribution in [2.24, 2.45) is 5.73 Å². The summed E-state index contributed by atoms with van der Waals surface area (Å²) in [6.45, 7) is 7.00. The Morgan fingerprint density at radius 1 is 1.31 bits per heavy atom. The molecule has 2 unspecified atom stereocenters. The molecule has 0 aromatic heterocycles. The van der Waals surface area contributed by atoms with Crippen molar-refractivity contribution in [3.8, 4) is 0 Å². The van der Waals surface area contributed by atoms with Crippen LogP contribution in [-0.4, -0.2) is 30.1 Å². The Balaban J connectivity index is 2.08. The van der Waals surface area contributed by atoms with E-state index in [1.54, 1.807) is 0 Å². The second-order valence-electron chi connectivity index (χ2n) is 4.29. The van der Waals surface area contributed by atoms with Gasteiger partial charge in [0.1, 0.15) is 0 Å². The summed E-state index contributed by atoms with van der Waals surface area (Å²) in [5.74, 6) is 0. The van der Waals surface area contributed by atoms with Gasteiger partial charge in [0.05, 0.1) is 0 Å². The normalized spacial score (nSPS) is 29.8. The van der Waals surface area contributed by atoms with E-state index < -0.39 is 0 Å². The molecule has 1 aliphatic heterocycles. The molecular formula is C11H24N2. The number of likely N-dealkylation sites (tertiary alicyclic amines) is 1. The molecule has 0 spiro atoms. The minimum atomic E-state index is 0.422. The third-order valence-electron chi connectivity index (χ3n) is 3.24. The van der Waals surface area contributed by atoms with Crippen molar-refractivity contribution >= 4 is 0 Å². The van der Waals surface area contributed by atoms with Crippen LogP contribution in [0.25, 0.3) is 0 Å². The van der Waals surface area contributed by atoms with Crippen LogP contribution in [0.3, 0.4) is 0 Å². The Morgan fingerprint density at radius 2 is 2.08 bits per heavy atom. The first-order valence-corrected chi connectivity index (χ1v) is 5.75. The Morgan fingerprint density at radius 3 is 2.62 bits per heavy atom. The maximum Gasteiger partial charge on any atom is 0.0219 e. The maximum atomic E-state index is 5.96. The molecule has 78 valence electrons. The summed E-state index contributed by atoms with van der Waals surface area (Å²) in [5.41, 5.74) is 5.96. The van der Waals surface area contributed by atoms with E-state index in [9.17, 15) is 0 Å². The largest absolute Gasteiger partial charge is 0.326 e. The van der Waals surface area contributed by atoms with Crippen molar-refractivity contribution in [1.82, 2.24) is 4.90 Å². The molecule has 0 radical (unpaired) electrons. The van der Waals surface area contributed by atoms with E-state index in [1.807, 2.05) is 0 Å². The van der Waals surface area contributed by atoms with E-state index in [4.69, 9.17) is 5.73 Å². The van der Waals surface area contributed by atoms with Gasteiger partial charge in [0, 0.05) is 18.6 Å². The first kappa shape index (κ1) is 11.0.